The minimum atomic E-state index is -0.347. The summed E-state index contributed by atoms with van der Waals surface area (Å²) in [4.78, 5) is 31.3. The summed E-state index contributed by atoms with van der Waals surface area (Å²) in [6, 6.07) is 11.6. The summed E-state index contributed by atoms with van der Waals surface area (Å²) in [6.07, 6.45) is 0. The molecule has 33 heavy (non-hydrogen) atoms. The van der Waals surface area contributed by atoms with Crippen molar-refractivity contribution < 1.29 is 23.5 Å². The fourth-order valence-electron chi connectivity index (χ4n) is 4.38. The van der Waals surface area contributed by atoms with Gasteiger partial charge in [0.25, 0.3) is 5.91 Å². The summed E-state index contributed by atoms with van der Waals surface area (Å²) < 4.78 is 24.4. The predicted molar refractivity (Wildman–Crippen MR) is 123 cm³/mol. The Morgan fingerprint density at radius 1 is 0.970 bits per heavy atom. The minimum Gasteiger partial charge on any atom is -0.486 e. The predicted octanol–water partition coefficient (Wildman–Crippen LogP) is 2.63. The molecule has 7 nitrogen and oxygen atoms in total. The van der Waals surface area contributed by atoms with Gasteiger partial charge in [0.05, 0.1) is 5.75 Å². The molecule has 0 aliphatic carbocycles. The Bertz CT molecular complexity index is 1030. The zero-order chi connectivity index (χ0) is 22.8. The van der Waals surface area contributed by atoms with Gasteiger partial charge in [-0.25, -0.2) is 4.39 Å². The highest BCUT2D eigenvalue weighted by Gasteiger charge is 2.34. The molecular weight excluding hydrogens is 445 g/mol. The second-order valence-electron chi connectivity index (χ2n) is 8.29. The lowest BCUT2D eigenvalue weighted by atomic mass is 10.1. The number of hydrogen-bond acceptors (Lipinski definition) is 6. The van der Waals surface area contributed by atoms with Crippen molar-refractivity contribution in [2.75, 3.05) is 58.2 Å². The molecule has 0 bridgehead atoms. The standard InChI is InChI=1S/C24H26FN3O4S/c25-19-4-1-17(2-5-19)23(30)27-10-7-26(8-11-27)9-12-28-22(29)16-33-24(28)18-3-6-20-21(15-18)32-14-13-31-20/h1-6,15,24H,7-14,16H2. The van der Waals surface area contributed by atoms with Gasteiger partial charge in [0, 0.05) is 44.8 Å². The number of halogens is 1. The number of hydrogen-bond donors (Lipinski definition) is 0. The number of carbonyl (C=O) groups is 2. The molecule has 0 saturated carbocycles. The van der Waals surface area contributed by atoms with E-state index >= 15 is 0 Å². The molecule has 9 heteroatoms. The Balaban J connectivity index is 1.16. The van der Waals surface area contributed by atoms with Crippen molar-refractivity contribution in [3.05, 3.63) is 59.4 Å². The summed E-state index contributed by atoms with van der Waals surface area (Å²) in [6.45, 7) is 5.20. The fourth-order valence-corrected chi connectivity index (χ4v) is 5.59. The summed E-state index contributed by atoms with van der Waals surface area (Å²) in [7, 11) is 0. The van der Waals surface area contributed by atoms with Crippen LogP contribution in [0.15, 0.2) is 42.5 Å². The molecule has 3 heterocycles. The number of amides is 2. The molecule has 3 aliphatic rings. The van der Waals surface area contributed by atoms with Crippen LogP contribution in [0.5, 0.6) is 11.5 Å². The SMILES string of the molecule is O=C(c1ccc(F)cc1)N1CCN(CCN2C(=O)CSC2c2ccc3c(c2)OCCO3)CC1. The van der Waals surface area contributed by atoms with E-state index < -0.39 is 0 Å². The van der Waals surface area contributed by atoms with Gasteiger partial charge in [-0.15, -0.1) is 11.8 Å². The molecule has 0 N–H and O–H groups in total. The Hall–Kier alpha value is -2.78. The van der Waals surface area contributed by atoms with Crippen LogP contribution in [0.3, 0.4) is 0 Å². The van der Waals surface area contributed by atoms with Gasteiger partial charge in [-0.1, -0.05) is 6.07 Å². The van der Waals surface area contributed by atoms with Crippen molar-refractivity contribution in [1.29, 1.82) is 0 Å². The Kier molecular flexibility index (Phi) is 6.41. The van der Waals surface area contributed by atoms with Crippen molar-refractivity contribution >= 4 is 23.6 Å². The molecule has 2 aromatic rings. The number of benzene rings is 2. The summed E-state index contributed by atoms with van der Waals surface area (Å²) in [5.74, 6) is 1.68. The molecule has 0 radical (unpaired) electrons. The third-order valence-corrected chi connectivity index (χ3v) is 7.48. The lowest BCUT2D eigenvalue weighted by molar-refractivity contribution is -0.128. The van der Waals surface area contributed by atoms with Gasteiger partial charge in [-0.3, -0.25) is 14.5 Å². The van der Waals surface area contributed by atoms with E-state index in [1.807, 2.05) is 23.1 Å². The molecule has 174 valence electrons. The van der Waals surface area contributed by atoms with E-state index in [-0.39, 0.29) is 23.0 Å². The van der Waals surface area contributed by atoms with Crippen molar-refractivity contribution in [1.82, 2.24) is 14.7 Å². The van der Waals surface area contributed by atoms with Crippen LogP contribution in [0.25, 0.3) is 0 Å². The van der Waals surface area contributed by atoms with E-state index in [1.165, 1.54) is 24.3 Å². The normalized spacial score (nSPS) is 20.9. The fraction of sp³-hybridized carbons (Fsp3) is 0.417. The highest BCUT2D eigenvalue weighted by Crippen LogP contribution is 2.42. The van der Waals surface area contributed by atoms with Gasteiger partial charge in [-0.05, 0) is 42.0 Å². The van der Waals surface area contributed by atoms with Gasteiger partial charge in [-0.2, -0.15) is 0 Å². The first-order valence-electron chi connectivity index (χ1n) is 11.2. The Morgan fingerprint density at radius 2 is 1.70 bits per heavy atom. The number of rotatable bonds is 5. The van der Waals surface area contributed by atoms with E-state index in [0.29, 0.717) is 44.2 Å². The maximum absolute atomic E-state index is 13.1. The molecule has 1 atom stereocenters. The summed E-state index contributed by atoms with van der Waals surface area (Å²) >= 11 is 1.63. The smallest absolute Gasteiger partial charge is 0.253 e. The van der Waals surface area contributed by atoms with Gasteiger partial charge in [0.2, 0.25) is 5.91 Å². The maximum Gasteiger partial charge on any atom is 0.253 e. The van der Waals surface area contributed by atoms with Crippen molar-refractivity contribution in [3.8, 4) is 11.5 Å². The largest absolute Gasteiger partial charge is 0.486 e. The van der Waals surface area contributed by atoms with Crippen LogP contribution in [-0.2, 0) is 4.79 Å². The number of thioether (sulfide) groups is 1. The highest BCUT2D eigenvalue weighted by molar-refractivity contribution is 8.00. The Morgan fingerprint density at radius 3 is 2.45 bits per heavy atom. The quantitative estimate of drug-likeness (QED) is 0.668. The van der Waals surface area contributed by atoms with E-state index in [2.05, 4.69) is 4.90 Å². The van der Waals surface area contributed by atoms with Gasteiger partial charge in [0.15, 0.2) is 11.5 Å². The monoisotopic (exact) mass is 471 g/mol. The first-order valence-corrected chi connectivity index (χ1v) is 12.2. The zero-order valence-corrected chi connectivity index (χ0v) is 19.1. The third kappa shape index (κ3) is 4.79. The molecule has 2 amide bonds. The lowest BCUT2D eigenvalue weighted by Gasteiger charge is -2.36. The lowest BCUT2D eigenvalue weighted by Crippen LogP contribution is -2.50. The van der Waals surface area contributed by atoms with Crippen LogP contribution >= 0.6 is 11.8 Å². The van der Waals surface area contributed by atoms with Crippen LogP contribution in [0.1, 0.15) is 21.3 Å². The van der Waals surface area contributed by atoms with E-state index in [4.69, 9.17) is 9.47 Å². The van der Waals surface area contributed by atoms with Gasteiger partial charge < -0.3 is 19.3 Å². The summed E-state index contributed by atoms with van der Waals surface area (Å²) in [5.41, 5.74) is 1.55. The molecule has 0 spiro atoms. The molecule has 3 aliphatic heterocycles. The van der Waals surface area contributed by atoms with Crippen LogP contribution in [0.4, 0.5) is 4.39 Å². The van der Waals surface area contributed by atoms with Crippen LogP contribution in [0, 0.1) is 5.82 Å². The number of fused-ring (bicyclic) bond motifs is 1. The van der Waals surface area contributed by atoms with Gasteiger partial charge in [0.1, 0.15) is 24.4 Å². The van der Waals surface area contributed by atoms with Crippen molar-refractivity contribution in [3.63, 3.8) is 0 Å². The molecule has 0 aromatic heterocycles. The second kappa shape index (κ2) is 9.61. The van der Waals surface area contributed by atoms with Crippen LogP contribution < -0.4 is 9.47 Å². The molecule has 1 unspecified atom stereocenters. The van der Waals surface area contributed by atoms with Crippen LogP contribution in [-0.4, -0.2) is 84.7 Å². The maximum atomic E-state index is 13.1. The topological polar surface area (TPSA) is 62.3 Å². The highest BCUT2D eigenvalue weighted by atomic mass is 32.2. The average molecular weight is 472 g/mol. The van der Waals surface area contributed by atoms with Crippen molar-refractivity contribution in [2.45, 2.75) is 5.37 Å². The zero-order valence-electron chi connectivity index (χ0n) is 18.2. The molecule has 2 saturated heterocycles. The third-order valence-electron chi connectivity index (χ3n) is 6.23. The molecule has 2 fully saturated rings. The summed E-state index contributed by atoms with van der Waals surface area (Å²) in [5, 5.41) is -0.0327. The number of nitrogens with zero attached hydrogens (tertiary/aromatic N) is 3. The van der Waals surface area contributed by atoms with Gasteiger partial charge >= 0.3 is 0 Å². The van der Waals surface area contributed by atoms with Crippen LogP contribution in [0.2, 0.25) is 0 Å². The molecule has 2 aromatic carbocycles. The second-order valence-corrected chi connectivity index (χ2v) is 9.36. The Labute approximate surface area is 196 Å². The number of carbonyl (C=O) groups excluding carboxylic acids is 2. The first kappa shape index (κ1) is 22.0. The van der Waals surface area contributed by atoms with E-state index in [9.17, 15) is 14.0 Å². The number of ether oxygens (including phenoxy) is 2. The molecule has 5 rings (SSSR count). The number of piperazine rings is 1. The van der Waals surface area contributed by atoms with E-state index in [1.54, 1.807) is 16.7 Å². The minimum absolute atomic E-state index is 0.0327. The first-order chi connectivity index (χ1) is 16.1. The molecular formula is C24H26FN3O4S. The van der Waals surface area contributed by atoms with E-state index in [0.717, 1.165) is 36.7 Å². The average Bonchev–Trinajstić information content (AvgIpc) is 3.23. The van der Waals surface area contributed by atoms with Crippen molar-refractivity contribution in [2.24, 2.45) is 0 Å².